The van der Waals surface area contributed by atoms with Crippen molar-refractivity contribution in [2.75, 3.05) is 20.3 Å². The molecule has 0 aromatic heterocycles. The first-order valence-corrected chi connectivity index (χ1v) is 7.06. The summed E-state index contributed by atoms with van der Waals surface area (Å²) in [5, 5.41) is 3.32. The summed E-state index contributed by atoms with van der Waals surface area (Å²) in [5.74, 6) is -0.329. The Kier molecular flexibility index (Phi) is 7.05. The van der Waals surface area contributed by atoms with E-state index in [-0.39, 0.29) is 12.1 Å². The molecule has 0 aliphatic rings. The topological polar surface area (TPSA) is 47.6 Å². The van der Waals surface area contributed by atoms with Crippen molar-refractivity contribution in [1.82, 2.24) is 5.32 Å². The molecular weight excluding hydrogens is 310 g/mol. The molecule has 0 amide bonds. The van der Waals surface area contributed by atoms with Crippen LogP contribution in [0.15, 0.2) is 22.7 Å². The minimum absolute atomic E-state index is 0.193. The Hall–Kier alpha value is -0.910. The van der Waals surface area contributed by atoms with Crippen LogP contribution in [0.2, 0.25) is 0 Å². The maximum atomic E-state index is 11.4. The van der Waals surface area contributed by atoms with Crippen LogP contribution in [0, 0.1) is 0 Å². The van der Waals surface area contributed by atoms with Crippen LogP contribution in [0.25, 0.3) is 0 Å². The zero-order chi connectivity index (χ0) is 14.3. The van der Waals surface area contributed by atoms with Gasteiger partial charge < -0.3 is 14.8 Å². The van der Waals surface area contributed by atoms with Gasteiger partial charge in [0.2, 0.25) is 0 Å². The average Bonchev–Trinajstić information content (AvgIpc) is 2.40. The molecule has 4 nitrogen and oxygen atoms in total. The average molecular weight is 330 g/mol. The lowest BCUT2D eigenvalue weighted by molar-refractivity contribution is 0.0600. The van der Waals surface area contributed by atoms with Gasteiger partial charge >= 0.3 is 5.97 Å². The second-order valence-electron chi connectivity index (χ2n) is 4.19. The molecule has 0 aliphatic heterocycles. The van der Waals surface area contributed by atoms with Crippen LogP contribution >= 0.6 is 15.9 Å². The SMILES string of the molecule is CCOC(C)CNCc1ccc(C(=O)OC)cc1Br. The molecule has 0 radical (unpaired) electrons. The molecule has 1 aromatic carbocycles. The van der Waals surface area contributed by atoms with Gasteiger partial charge in [-0.15, -0.1) is 0 Å². The van der Waals surface area contributed by atoms with Gasteiger partial charge in [0.25, 0.3) is 0 Å². The molecular formula is C14H20BrNO3. The van der Waals surface area contributed by atoms with Crippen LogP contribution in [0.3, 0.4) is 0 Å². The molecule has 106 valence electrons. The van der Waals surface area contributed by atoms with E-state index >= 15 is 0 Å². The number of halogens is 1. The van der Waals surface area contributed by atoms with Gasteiger partial charge in [0.15, 0.2) is 0 Å². The molecule has 1 N–H and O–H groups in total. The first-order chi connectivity index (χ1) is 9.08. The highest BCUT2D eigenvalue weighted by molar-refractivity contribution is 9.10. The number of nitrogens with one attached hydrogen (secondary N) is 1. The summed E-state index contributed by atoms with van der Waals surface area (Å²) in [6.45, 7) is 6.25. The van der Waals surface area contributed by atoms with Crippen molar-refractivity contribution in [3.8, 4) is 0 Å². The van der Waals surface area contributed by atoms with E-state index < -0.39 is 0 Å². The first kappa shape index (κ1) is 16.1. The van der Waals surface area contributed by atoms with E-state index in [1.165, 1.54) is 7.11 Å². The van der Waals surface area contributed by atoms with E-state index in [0.29, 0.717) is 5.56 Å². The molecule has 1 rings (SSSR count). The molecule has 0 aliphatic carbocycles. The van der Waals surface area contributed by atoms with Crippen molar-refractivity contribution >= 4 is 21.9 Å². The normalized spacial score (nSPS) is 12.2. The van der Waals surface area contributed by atoms with Crippen molar-refractivity contribution in [1.29, 1.82) is 0 Å². The number of hydrogen-bond donors (Lipinski definition) is 1. The number of ether oxygens (including phenoxy) is 2. The predicted molar refractivity (Wildman–Crippen MR) is 78.3 cm³/mol. The van der Waals surface area contributed by atoms with Crippen LogP contribution in [0.4, 0.5) is 0 Å². The maximum absolute atomic E-state index is 11.4. The highest BCUT2D eigenvalue weighted by Gasteiger charge is 2.08. The van der Waals surface area contributed by atoms with Crippen molar-refractivity contribution < 1.29 is 14.3 Å². The summed E-state index contributed by atoms with van der Waals surface area (Å²) in [7, 11) is 1.38. The summed E-state index contributed by atoms with van der Waals surface area (Å²) in [5.41, 5.74) is 1.64. The third kappa shape index (κ3) is 5.30. The second kappa shape index (κ2) is 8.30. The summed E-state index contributed by atoms with van der Waals surface area (Å²) in [6.07, 6.45) is 0.193. The Morgan fingerprint density at radius 3 is 2.79 bits per heavy atom. The molecule has 0 spiro atoms. The van der Waals surface area contributed by atoms with Gasteiger partial charge in [-0.05, 0) is 31.5 Å². The number of carbonyl (C=O) groups is 1. The van der Waals surface area contributed by atoms with Crippen LogP contribution in [-0.2, 0) is 16.0 Å². The fourth-order valence-corrected chi connectivity index (χ4v) is 2.21. The van der Waals surface area contributed by atoms with Gasteiger partial charge in [-0.3, -0.25) is 0 Å². The first-order valence-electron chi connectivity index (χ1n) is 6.27. The van der Waals surface area contributed by atoms with Gasteiger partial charge in [0.05, 0.1) is 18.8 Å². The Morgan fingerprint density at radius 2 is 2.21 bits per heavy atom. The number of benzene rings is 1. The lowest BCUT2D eigenvalue weighted by atomic mass is 10.1. The minimum Gasteiger partial charge on any atom is -0.465 e. The summed E-state index contributed by atoms with van der Waals surface area (Å²) < 4.78 is 11.0. The Labute approximate surface area is 122 Å². The van der Waals surface area contributed by atoms with Crippen molar-refractivity contribution in [2.24, 2.45) is 0 Å². The highest BCUT2D eigenvalue weighted by atomic mass is 79.9. The second-order valence-corrected chi connectivity index (χ2v) is 5.05. The fourth-order valence-electron chi connectivity index (χ4n) is 1.69. The van der Waals surface area contributed by atoms with Crippen LogP contribution in [0.5, 0.6) is 0 Å². The third-order valence-electron chi connectivity index (χ3n) is 2.67. The largest absolute Gasteiger partial charge is 0.465 e. The van der Waals surface area contributed by atoms with E-state index in [2.05, 4.69) is 26.0 Å². The molecule has 0 saturated carbocycles. The van der Waals surface area contributed by atoms with Gasteiger partial charge in [-0.2, -0.15) is 0 Å². The fraction of sp³-hybridized carbons (Fsp3) is 0.500. The number of methoxy groups -OCH3 is 1. The van der Waals surface area contributed by atoms with E-state index in [0.717, 1.165) is 29.7 Å². The third-order valence-corrected chi connectivity index (χ3v) is 3.41. The van der Waals surface area contributed by atoms with Gasteiger partial charge in [-0.1, -0.05) is 22.0 Å². The highest BCUT2D eigenvalue weighted by Crippen LogP contribution is 2.19. The smallest absolute Gasteiger partial charge is 0.337 e. The summed E-state index contributed by atoms with van der Waals surface area (Å²) in [6, 6.07) is 5.45. The van der Waals surface area contributed by atoms with E-state index in [1.807, 2.05) is 19.9 Å². The Balaban J connectivity index is 2.53. The molecule has 1 unspecified atom stereocenters. The number of esters is 1. The van der Waals surface area contributed by atoms with Gasteiger partial charge in [0.1, 0.15) is 0 Å². The van der Waals surface area contributed by atoms with Crippen LogP contribution in [0.1, 0.15) is 29.8 Å². The molecule has 0 heterocycles. The van der Waals surface area contributed by atoms with Gasteiger partial charge in [0, 0.05) is 24.2 Å². The molecule has 0 fully saturated rings. The van der Waals surface area contributed by atoms with Crippen LogP contribution < -0.4 is 5.32 Å². The molecule has 5 heteroatoms. The van der Waals surface area contributed by atoms with E-state index in [9.17, 15) is 4.79 Å². The zero-order valence-corrected chi connectivity index (χ0v) is 13.1. The Bertz CT molecular complexity index is 423. The lowest BCUT2D eigenvalue weighted by Crippen LogP contribution is -2.26. The maximum Gasteiger partial charge on any atom is 0.337 e. The van der Waals surface area contributed by atoms with E-state index in [1.54, 1.807) is 12.1 Å². The minimum atomic E-state index is -0.329. The molecule has 19 heavy (non-hydrogen) atoms. The van der Waals surface area contributed by atoms with Crippen molar-refractivity contribution in [2.45, 2.75) is 26.5 Å². The number of rotatable bonds is 7. The van der Waals surface area contributed by atoms with Crippen molar-refractivity contribution in [3.63, 3.8) is 0 Å². The monoisotopic (exact) mass is 329 g/mol. The quantitative estimate of drug-likeness (QED) is 0.781. The van der Waals surface area contributed by atoms with E-state index in [4.69, 9.17) is 4.74 Å². The summed E-state index contributed by atoms with van der Waals surface area (Å²) in [4.78, 5) is 11.4. The summed E-state index contributed by atoms with van der Waals surface area (Å²) >= 11 is 3.46. The number of hydrogen-bond acceptors (Lipinski definition) is 4. The molecule has 0 saturated heterocycles. The Morgan fingerprint density at radius 1 is 1.47 bits per heavy atom. The van der Waals surface area contributed by atoms with Crippen LogP contribution in [-0.4, -0.2) is 32.3 Å². The molecule has 1 aromatic rings. The standard InChI is InChI=1S/C14H20BrNO3/c1-4-19-10(2)8-16-9-12-6-5-11(7-13(12)15)14(17)18-3/h5-7,10,16H,4,8-9H2,1-3H3. The molecule has 1 atom stereocenters. The molecule has 0 bridgehead atoms. The lowest BCUT2D eigenvalue weighted by Gasteiger charge is -2.13. The predicted octanol–water partition coefficient (Wildman–Crippen LogP) is 2.75. The van der Waals surface area contributed by atoms with Crippen molar-refractivity contribution in [3.05, 3.63) is 33.8 Å². The zero-order valence-electron chi connectivity index (χ0n) is 11.5. The number of carbonyl (C=O) groups excluding carboxylic acids is 1. The van der Waals surface area contributed by atoms with Gasteiger partial charge in [-0.25, -0.2) is 4.79 Å².